The van der Waals surface area contributed by atoms with Gasteiger partial charge in [-0.3, -0.25) is 0 Å². The van der Waals surface area contributed by atoms with Crippen LogP contribution in [0.5, 0.6) is 0 Å². The zero-order valence-corrected chi connectivity index (χ0v) is 12.7. The first-order valence-electron chi connectivity index (χ1n) is 7.61. The van der Waals surface area contributed by atoms with Gasteiger partial charge in [-0.2, -0.15) is 0 Å². The number of hydrogen-bond donors (Lipinski definition) is 1. The van der Waals surface area contributed by atoms with Crippen LogP contribution in [0.3, 0.4) is 0 Å². The summed E-state index contributed by atoms with van der Waals surface area (Å²) in [6, 6.07) is 8.06. The van der Waals surface area contributed by atoms with Gasteiger partial charge in [0.05, 0.1) is 6.61 Å². The Morgan fingerprint density at radius 2 is 1.95 bits per heavy atom. The van der Waals surface area contributed by atoms with E-state index in [-0.39, 0.29) is 12.0 Å². The third-order valence-corrected chi connectivity index (χ3v) is 3.57. The molecule has 1 aliphatic rings. The largest absolute Gasteiger partial charge is 0.465 e. The van der Waals surface area contributed by atoms with Crippen LogP contribution in [0, 0.1) is 5.92 Å². The predicted molar refractivity (Wildman–Crippen MR) is 80.6 cm³/mol. The molecule has 1 aromatic carbocycles. The standard InChI is InChI=1S/C17H25NO2/c1-4-20-17(19)16(18-11-12(2)3)15-9-7-14(8-10-15)13-5-6-13/h7-10,12-13,16,18H,4-6,11H2,1-3H3. The van der Waals surface area contributed by atoms with Gasteiger partial charge >= 0.3 is 5.97 Å². The lowest BCUT2D eigenvalue weighted by Crippen LogP contribution is -2.32. The minimum Gasteiger partial charge on any atom is -0.465 e. The van der Waals surface area contributed by atoms with Gasteiger partial charge < -0.3 is 10.1 Å². The number of hydrogen-bond acceptors (Lipinski definition) is 3. The number of carbonyl (C=O) groups excluding carboxylic acids is 1. The number of rotatable bonds is 7. The summed E-state index contributed by atoms with van der Waals surface area (Å²) in [5.41, 5.74) is 2.38. The number of nitrogens with one attached hydrogen (secondary N) is 1. The third-order valence-electron chi connectivity index (χ3n) is 3.57. The van der Waals surface area contributed by atoms with Crippen molar-refractivity contribution >= 4 is 5.97 Å². The van der Waals surface area contributed by atoms with E-state index in [0.717, 1.165) is 18.0 Å². The smallest absolute Gasteiger partial charge is 0.327 e. The minimum absolute atomic E-state index is 0.188. The molecule has 1 saturated carbocycles. The molecular formula is C17H25NO2. The highest BCUT2D eigenvalue weighted by molar-refractivity contribution is 5.77. The van der Waals surface area contributed by atoms with Crippen LogP contribution in [-0.2, 0) is 9.53 Å². The highest BCUT2D eigenvalue weighted by atomic mass is 16.5. The molecule has 0 aliphatic heterocycles. The number of ether oxygens (including phenoxy) is 1. The molecule has 3 nitrogen and oxygen atoms in total. The Kier molecular flexibility index (Phi) is 5.18. The highest BCUT2D eigenvalue weighted by Gasteiger charge is 2.25. The Balaban J connectivity index is 2.08. The lowest BCUT2D eigenvalue weighted by atomic mass is 10.0. The Morgan fingerprint density at radius 1 is 1.30 bits per heavy atom. The average Bonchev–Trinajstić information content (AvgIpc) is 3.24. The van der Waals surface area contributed by atoms with E-state index in [2.05, 4.69) is 43.4 Å². The molecule has 2 rings (SSSR count). The van der Waals surface area contributed by atoms with Crippen LogP contribution < -0.4 is 5.32 Å². The molecule has 0 saturated heterocycles. The number of benzene rings is 1. The molecule has 0 spiro atoms. The number of esters is 1. The fourth-order valence-corrected chi connectivity index (χ4v) is 2.29. The Morgan fingerprint density at radius 3 is 2.45 bits per heavy atom. The molecule has 0 aromatic heterocycles. The van der Waals surface area contributed by atoms with Crippen LogP contribution in [-0.4, -0.2) is 19.1 Å². The van der Waals surface area contributed by atoms with E-state index in [1.807, 2.05) is 6.92 Å². The SMILES string of the molecule is CCOC(=O)C(NCC(C)C)c1ccc(C2CC2)cc1. The van der Waals surface area contributed by atoms with E-state index >= 15 is 0 Å². The second kappa shape index (κ2) is 6.89. The zero-order valence-electron chi connectivity index (χ0n) is 12.7. The molecule has 0 amide bonds. The van der Waals surface area contributed by atoms with Crippen LogP contribution in [0.2, 0.25) is 0 Å². The van der Waals surface area contributed by atoms with Gasteiger partial charge in [-0.1, -0.05) is 38.1 Å². The van der Waals surface area contributed by atoms with Gasteiger partial charge in [-0.15, -0.1) is 0 Å². The summed E-state index contributed by atoms with van der Waals surface area (Å²) in [5, 5.41) is 3.31. The highest BCUT2D eigenvalue weighted by Crippen LogP contribution is 2.40. The van der Waals surface area contributed by atoms with Crippen molar-refractivity contribution in [1.82, 2.24) is 5.32 Å². The van der Waals surface area contributed by atoms with E-state index in [1.54, 1.807) is 0 Å². The molecule has 1 atom stereocenters. The van der Waals surface area contributed by atoms with Crippen LogP contribution in [0.1, 0.15) is 56.7 Å². The van der Waals surface area contributed by atoms with Crippen molar-refractivity contribution in [2.75, 3.05) is 13.2 Å². The summed E-state index contributed by atoms with van der Waals surface area (Å²) >= 11 is 0. The molecule has 1 N–H and O–H groups in total. The first-order valence-corrected chi connectivity index (χ1v) is 7.61. The summed E-state index contributed by atoms with van der Waals surface area (Å²) in [6.45, 7) is 7.32. The fourth-order valence-electron chi connectivity index (χ4n) is 2.29. The molecule has 0 bridgehead atoms. The summed E-state index contributed by atoms with van der Waals surface area (Å²) in [5.74, 6) is 1.05. The van der Waals surface area contributed by atoms with Gasteiger partial charge in [0.15, 0.2) is 0 Å². The molecule has 0 heterocycles. The van der Waals surface area contributed by atoms with Gasteiger partial charge in [-0.25, -0.2) is 4.79 Å². The Hall–Kier alpha value is -1.35. The van der Waals surface area contributed by atoms with E-state index in [0.29, 0.717) is 12.5 Å². The third kappa shape index (κ3) is 4.07. The summed E-state index contributed by atoms with van der Waals surface area (Å²) in [6.07, 6.45) is 2.60. The van der Waals surface area contributed by atoms with Crippen molar-refractivity contribution in [2.24, 2.45) is 5.92 Å². The maximum atomic E-state index is 12.1. The molecule has 3 heteroatoms. The topological polar surface area (TPSA) is 38.3 Å². The maximum absolute atomic E-state index is 12.1. The Labute approximate surface area is 121 Å². The Bertz CT molecular complexity index is 435. The van der Waals surface area contributed by atoms with Gasteiger partial charge in [0.1, 0.15) is 6.04 Å². The quantitative estimate of drug-likeness (QED) is 0.775. The molecule has 1 fully saturated rings. The van der Waals surface area contributed by atoms with Crippen molar-refractivity contribution in [3.05, 3.63) is 35.4 Å². The van der Waals surface area contributed by atoms with E-state index in [1.165, 1.54) is 18.4 Å². The van der Waals surface area contributed by atoms with Crippen molar-refractivity contribution < 1.29 is 9.53 Å². The molecule has 20 heavy (non-hydrogen) atoms. The van der Waals surface area contributed by atoms with Crippen molar-refractivity contribution in [3.8, 4) is 0 Å². The van der Waals surface area contributed by atoms with Crippen molar-refractivity contribution in [3.63, 3.8) is 0 Å². The fraction of sp³-hybridized carbons (Fsp3) is 0.588. The van der Waals surface area contributed by atoms with Crippen LogP contribution in [0.15, 0.2) is 24.3 Å². The van der Waals surface area contributed by atoms with Gasteiger partial charge in [0.25, 0.3) is 0 Å². The first kappa shape index (κ1) is 15.0. The molecule has 1 aliphatic carbocycles. The summed E-state index contributed by atoms with van der Waals surface area (Å²) in [4.78, 5) is 12.1. The van der Waals surface area contributed by atoms with Gasteiger partial charge in [0.2, 0.25) is 0 Å². The number of carbonyl (C=O) groups is 1. The van der Waals surface area contributed by atoms with Gasteiger partial charge in [0, 0.05) is 0 Å². The van der Waals surface area contributed by atoms with E-state index in [4.69, 9.17) is 4.74 Å². The lowest BCUT2D eigenvalue weighted by molar-refractivity contribution is -0.145. The second-order valence-corrected chi connectivity index (χ2v) is 5.93. The van der Waals surface area contributed by atoms with Crippen LogP contribution >= 0.6 is 0 Å². The maximum Gasteiger partial charge on any atom is 0.327 e. The summed E-state index contributed by atoms with van der Waals surface area (Å²) in [7, 11) is 0. The lowest BCUT2D eigenvalue weighted by Gasteiger charge is -2.19. The second-order valence-electron chi connectivity index (χ2n) is 5.93. The van der Waals surface area contributed by atoms with E-state index in [9.17, 15) is 4.79 Å². The minimum atomic E-state index is -0.356. The van der Waals surface area contributed by atoms with Gasteiger partial charge in [-0.05, 0) is 49.3 Å². The predicted octanol–water partition coefficient (Wildman–Crippen LogP) is 3.41. The molecule has 110 valence electrons. The normalized spacial score (nSPS) is 16.2. The molecular weight excluding hydrogens is 250 g/mol. The molecule has 0 radical (unpaired) electrons. The average molecular weight is 275 g/mol. The molecule has 1 unspecified atom stereocenters. The monoisotopic (exact) mass is 275 g/mol. The zero-order chi connectivity index (χ0) is 14.5. The van der Waals surface area contributed by atoms with Crippen molar-refractivity contribution in [1.29, 1.82) is 0 Å². The molecule has 1 aromatic rings. The van der Waals surface area contributed by atoms with Crippen LogP contribution in [0.4, 0.5) is 0 Å². The first-order chi connectivity index (χ1) is 9.61. The van der Waals surface area contributed by atoms with E-state index < -0.39 is 0 Å². The van der Waals surface area contributed by atoms with Crippen LogP contribution in [0.25, 0.3) is 0 Å². The summed E-state index contributed by atoms with van der Waals surface area (Å²) < 4.78 is 5.18. The van der Waals surface area contributed by atoms with Crippen molar-refractivity contribution in [2.45, 2.75) is 45.6 Å².